The van der Waals surface area contributed by atoms with Crippen LogP contribution in [0.3, 0.4) is 0 Å². The van der Waals surface area contributed by atoms with Crippen molar-refractivity contribution in [3.8, 4) is 0 Å². The average Bonchev–Trinajstić information content (AvgIpc) is 3.10. The fourth-order valence-electron chi connectivity index (χ4n) is 4.30. The van der Waals surface area contributed by atoms with Gasteiger partial charge in [-0.1, -0.05) is 78.9 Å². The van der Waals surface area contributed by atoms with E-state index < -0.39 is 0 Å². The molecule has 0 bridgehead atoms. The number of para-hydroxylation sites is 1. The van der Waals surface area contributed by atoms with Gasteiger partial charge in [0.2, 0.25) is 0 Å². The van der Waals surface area contributed by atoms with Crippen LogP contribution in [0.4, 0.5) is 5.69 Å². The minimum Gasteiger partial charge on any atom is -0.376 e. The Hall–Kier alpha value is -2.62. The largest absolute Gasteiger partial charge is 0.376 e. The van der Waals surface area contributed by atoms with Crippen molar-refractivity contribution in [2.75, 3.05) is 19.1 Å². The maximum atomic E-state index is 6.02. The first-order chi connectivity index (χ1) is 13.3. The zero-order chi connectivity index (χ0) is 18.6. The van der Waals surface area contributed by atoms with Gasteiger partial charge in [0.15, 0.2) is 0 Å². The summed E-state index contributed by atoms with van der Waals surface area (Å²) >= 11 is 0. The molecule has 3 nitrogen and oxygen atoms in total. The summed E-state index contributed by atoms with van der Waals surface area (Å²) in [6, 6.07) is 31.8. The fourth-order valence-corrected chi connectivity index (χ4v) is 4.30. The molecule has 3 aromatic rings. The Morgan fingerprint density at radius 3 is 1.30 bits per heavy atom. The Bertz CT molecular complexity index is 785. The summed E-state index contributed by atoms with van der Waals surface area (Å²) in [5, 5.41) is 0. The van der Waals surface area contributed by atoms with Gasteiger partial charge in [0.05, 0.1) is 12.1 Å². The highest BCUT2D eigenvalue weighted by atomic mass is 16.5. The Labute approximate surface area is 161 Å². The Morgan fingerprint density at radius 2 is 0.926 bits per heavy atom. The number of anilines is 1. The lowest BCUT2D eigenvalue weighted by Crippen LogP contribution is -2.31. The molecule has 3 heteroatoms. The van der Waals surface area contributed by atoms with E-state index in [2.05, 4.69) is 95.9 Å². The predicted octanol–water partition coefficient (Wildman–Crippen LogP) is 5.02. The van der Waals surface area contributed by atoms with Crippen molar-refractivity contribution < 1.29 is 9.47 Å². The Kier molecular flexibility index (Phi) is 5.23. The SMILES string of the molecule is CO[C@H]1[C@H](OC)[C@H](c2ccccc2)N(c2ccccc2)[C@H]1c1ccccc1. The normalized spacial score (nSPS) is 24.9. The van der Waals surface area contributed by atoms with Gasteiger partial charge in [-0.3, -0.25) is 0 Å². The maximum Gasteiger partial charge on any atom is 0.110 e. The lowest BCUT2D eigenvalue weighted by Gasteiger charge is -2.34. The zero-order valence-corrected chi connectivity index (χ0v) is 15.7. The van der Waals surface area contributed by atoms with E-state index in [0.29, 0.717) is 0 Å². The second kappa shape index (κ2) is 7.95. The number of rotatable bonds is 5. The molecule has 0 saturated carbocycles. The summed E-state index contributed by atoms with van der Waals surface area (Å²) < 4.78 is 12.0. The maximum absolute atomic E-state index is 6.02. The van der Waals surface area contributed by atoms with Gasteiger partial charge < -0.3 is 14.4 Å². The topological polar surface area (TPSA) is 21.7 Å². The highest BCUT2D eigenvalue weighted by Gasteiger charge is 2.50. The fraction of sp³-hybridized carbons (Fsp3) is 0.250. The van der Waals surface area contributed by atoms with E-state index in [1.165, 1.54) is 16.8 Å². The van der Waals surface area contributed by atoms with Gasteiger partial charge in [0.1, 0.15) is 12.2 Å². The van der Waals surface area contributed by atoms with Crippen molar-refractivity contribution >= 4 is 5.69 Å². The van der Waals surface area contributed by atoms with Gasteiger partial charge in [-0.15, -0.1) is 0 Å². The van der Waals surface area contributed by atoms with Crippen LogP contribution < -0.4 is 4.90 Å². The molecule has 4 atom stereocenters. The van der Waals surface area contributed by atoms with Crippen molar-refractivity contribution in [3.63, 3.8) is 0 Å². The summed E-state index contributed by atoms with van der Waals surface area (Å²) in [6.07, 6.45) is -0.161. The Morgan fingerprint density at radius 1 is 0.556 bits per heavy atom. The van der Waals surface area contributed by atoms with Crippen LogP contribution in [-0.2, 0) is 9.47 Å². The number of hydrogen-bond donors (Lipinski definition) is 0. The van der Waals surface area contributed by atoms with E-state index in [1.54, 1.807) is 14.2 Å². The molecule has 0 spiro atoms. The molecule has 27 heavy (non-hydrogen) atoms. The smallest absolute Gasteiger partial charge is 0.110 e. The van der Waals surface area contributed by atoms with Crippen LogP contribution in [0, 0.1) is 0 Å². The van der Waals surface area contributed by atoms with Gasteiger partial charge >= 0.3 is 0 Å². The van der Waals surface area contributed by atoms with Crippen LogP contribution in [-0.4, -0.2) is 26.4 Å². The lowest BCUT2D eigenvalue weighted by molar-refractivity contribution is -0.0288. The van der Waals surface area contributed by atoms with Crippen molar-refractivity contribution in [1.29, 1.82) is 0 Å². The molecule has 1 aliphatic rings. The van der Waals surface area contributed by atoms with Crippen LogP contribution in [0.5, 0.6) is 0 Å². The van der Waals surface area contributed by atoms with Crippen molar-refractivity contribution in [2.45, 2.75) is 24.3 Å². The van der Waals surface area contributed by atoms with Crippen LogP contribution in [0.1, 0.15) is 23.2 Å². The van der Waals surface area contributed by atoms with Crippen LogP contribution in [0.15, 0.2) is 91.0 Å². The summed E-state index contributed by atoms with van der Waals surface area (Å²) in [5.41, 5.74) is 3.63. The molecule has 138 valence electrons. The van der Waals surface area contributed by atoms with E-state index >= 15 is 0 Å². The van der Waals surface area contributed by atoms with Crippen LogP contribution in [0.25, 0.3) is 0 Å². The van der Waals surface area contributed by atoms with Gasteiger partial charge in [0.25, 0.3) is 0 Å². The molecule has 0 radical (unpaired) electrons. The molecule has 1 aliphatic heterocycles. The van der Waals surface area contributed by atoms with E-state index in [9.17, 15) is 0 Å². The molecular weight excluding hydrogens is 334 g/mol. The number of benzene rings is 3. The second-order valence-corrected chi connectivity index (χ2v) is 6.85. The zero-order valence-electron chi connectivity index (χ0n) is 15.7. The van der Waals surface area contributed by atoms with Gasteiger partial charge in [-0.25, -0.2) is 0 Å². The molecule has 1 heterocycles. The van der Waals surface area contributed by atoms with Crippen molar-refractivity contribution in [2.24, 2.45) is 0 Å². The number of ether oxygens (including phenoxy) is 2. The monoisotopic (exact) mass is 359 g/mol. The molecule has 0 unspecified atom stereocenters. The first-order valence-corrected chi connectivity index (χ1v) is 9.34. The third-order valence-corrected chi connectivity index (χ3v) is 5.43. The van der Waals surface area contributed by atoms with Crippen LogP contribution in [0.2, 0.25) is 0 Å². The van der Waals surface area contributed by atoms with E-state index in [1.807, 2.05) is 0 Å². The highest BCUT2D eigenvalue weighted by Crippen LogP contribution is 2.49. The number of methoxy groups -OCH3 is 2. The van der Waals surface area contributed by atoms with Gasteiger partial charge in [-0.2, -0.15) is 0 Å². The molecule has 0 N–H and O–H groups in total. The lowest BCUT2D eigenvalue weighted by atomic mass is 9.98. The molecule has 1 fully saturated rings. The molecule has 0 amide bonds. The molecule has 3 aromatic carbocycles. The number of nitrogens with zero attached hydrogens (tertiary/aromatic N) is 1. The van der Waals surface area contributed by atoms with Gasteiger partial charge in [-0.05, 0) is 23.3 Å². The summed E-state index contributed by atoms with van der Waals surface area (Å²) in [4.78, 5) is 2.45. The number of hydrogen-bond acceptors (Lipinski definition) is 3. The molecule has 1 saturated heterocycles. The highest BCUT2D eigenvalue weighted by molar-refractivity contribution is 5.55. The predicted molar refractivity (Wildman–Crippen MR) is 109 cm³/mol. The Balaban J connectivity index is 1.90. The summed E-state index contributed by atoms with van der Waals surface area (Å²) in [6.45, 7) is 0. The van der Waals surface area contributed by atoms with Crippen molar-refractivity contribution in [1.82, 2.24) is 0 Å². The first kappa shape index (κ1) is 17.8. The molecule has 4 rings (SSSR count). The first-order valence-electron chi connectivity index (χ1n) is 9.34. The van der Waals surface area contributed by atoms with Crippen molar-refractivity contribution in [3.05, 3.63) is 102 Å². The van der Waals surface area contributed by atoms with Gasteiger partial charge in [0, 0.05) is 19.9 Å². The minimum atomic E-state index is -0.0807. The summed E-state index contributed by atoms with van der Waals surface area (Å²) in [7, 11) is 3.56. The van der Waals surface area contributed by atoms with E-state index in [4.69, 9.17) is 9.47 Å². The second-order valence-electron chi connectivity index (χ2n) is 6.85. The minimum absolute atomic E-state index is 0.0637. The molecule has 0 aliphatic carbocycles. The quantitative estimate of drug-likeness (QED) is 0.638. The third kappa shape index (κ3) is 3.25. The standard InChI is InChI=1S/C24H25NO2/c1-26-23-21(18-12-6-3-7-13-18)25(20-16-10-5-11-17-20)22(24(23)27-2)19-14-8-4-9-15-19/h3-17,21-24H,1-2H3/t21-,22-,23+,24+/m0/s1. The average molecular weight is 359 g/mol. The third-order valence-electron chi connectivity index (χ3n) is 5.43. The summed E-state index contributed by atoms with van der Waals surface area (Å²) in [5.74, 6) is 0. The van der Waals surface area contributed by atoms with Crippen LogP contribution >= 0.6 is 0 Å². The van der Waals surface area contributed by atoms with E-state index in [-0.39, 0.29) is 24.3 Å². The molecule has 0 aromatic heterocycles. The molecular formula is C24H25NO2. The van der Waals surface area contributed by atoms with E-state index in [0.717, 1.165) is 0 Å².